The zero-order chi connectivity index (χ0) is 13.1. The van der Waals surface area contributed by atoms with E-state index < -0.39 is 0 Å². The van der Waals surface area contributed by atoms with Crippen molar-refractivity contribution in [2.24, 2.45) is 5.92 Å². The first-order valence-corrected chi connectivity index (χ1v) is 7.65. The predicted molar refractivity (Wildman–Crippen MR) is 78.5 cm³/mol. The summed E-state index contributed by atoms with van der Waals surface area (Å²) in [6.45, 7) is 2.86. The normalized spacial score (nSPS) is 26.2. The van der Waals surface area contributed by atoms with E-state index in [2.05, 4.69) is 36.6 Å². The fourth-order valence-electron chi connectivity index (χ4n) is 3.44. The highest BCUT2D eigenvalue weighted by molar-refractivity contribution is 5.37. The number of hydrogen-bond acceptors (Lipinski definition) is 2. The van der Waals surface area contributed by atoms with Crippen LogP contribution in [0.2, 0.25) is 0 Å². The van der Waals surface area contributed by atoms with Gasteiger partial charge in [0, 0.05) is 18.6 Å². The molecule has 0 bridgehead atoms. The molecule has 1 N–H and O–H groups in total. The van der Waals surface area contributed by atoms with Crippen LogP contribution in [0.5, 0.6) is 0 Å². The Morgan fingerprint density at radius 1 is 1.32 bits per heavy atom. The summed E-state index contributed by atoms with van der Waals surface area (Å²) in [5.41, 5.74) is 3.24. The quantitative estimate of drug-likeness (QED) is 0.848. The first-order valence-electron chi connectivity index (χ1n) is 7.65. The average Bonchev–Trinajstić information content (AvgIpc) is 3.24. The molecule has 0 heterocycles. The van der Waals surface area contributed by atoms with Crippen LogP contribution in [0.25, 0.3) is 0 Å². The first kappa shape index (κ1) is 13.1. The molecular weight excluding hydrogens is 234 g/mol. The fraction of sp³-hybridized carbons (Fsp3) is 0.647. The molecule has 2 aliphatic carbocycles. The van der Waals surface area contributed by atoms with Crippen molar-refractivity contribution < 1.29 is 4.74 Å². The zero-order valence-corrected chi connectivity index (χ0v) is 12.0. The molecule has 1 atom stereocenters. The van der Waals surface area contributed by atoms with Crippen LogP contribution in [0.15, 0.2) is 24.3 Å². The third-order valence-electron chi connectivity index (χ3n) is 4.63. The number of rotatable bonds is 6. The molecule has 0 aromatic heterocycles. The molecule has 0 spiro atoms. The molecule has 2 nitrogen and oxygen atoms in total. The van der Waals surface area contributed by atoms with Gasteiger partial charge in [-0.3, -0.25) is 0 Å². The summed E-state index contributed by atoms with van der Waals surface area (Å²) < 4.78 is 6.07. The lowest BCUT2D eigenvalue weighted by Crippen LogP contribution is -2.43. The minimum atomic E-state index is 0.193. The first-order chi connectivity index (χ1) is 9.34. The standard InChI is InChI=1S/C17H25NO/c1-18-12-17(13-19-11-14-8-9-14)10-4-6-15-5-2-3-7-16(15)17/h2-3,5,7,14,18H,4,6,8-13H2,1H3. The SMILES string of the molecule is CNCC1(COCC2CC2)CCCc2ccccc21. The van der Waals surface area contributed by atoms with Gasteiger partial charge in [-0.2, -0.15) is 0 Å². The van der Waals surface area contributed by atoms with Gasteiger partial charge in [0.25, 0.3) is 0 Å². The highest BCUT2D eigenvalue weighted by Gasteiger charge is 2.36. The molecule has 1 fully saturated rings. The topological polar surface area (TPSA) is 21.3 Å². The Labute approximate surface area is 116 Å². The Bertz CT molecular complexity index is 427. The second-order valence-electron chi connectivity index (χ2n) is 6.28. The number of ether oxygens (including phenoxy) is 1. The highest BCUT2D eigenvalue weighted by Crippen LogP contribution is 2.38. The van der Waals surface area contributed by atoms with E-state index in [0.717, 1.165) is 25.7 Å². The van der Waals surface area contributed by atoms with Gasteiger partial charge in [0.05, 0.1) is 6.61 Å². The zero-order valence-electron chi connectivity index (χ0n) is 12.0. The average molecular weight is 259 g/mol. The lowest BCUT2D eigenvalue weighted by Gasteiger charge is -2.39. The van der Waals surface area contributed by atoms with Crippen LogP contribution in [-0.4, -0.2) is 26.8 Å². The maximum Gasteiger partial charge on any atom is 0.0575 e. The van der Waals surface area contributed by atoms with Crippen molar-refractivity contribution >= 4 is 0 Å². The summed E-state index contributed by atoms with van der Waals surface area (Å²) in [5.74, 6) is 0.852. The van der Waals surface area contributed by atoms with Gasteiger partial charge in [0.15, 0.2) is 0 Å². The second-order valence-corrected chi connectivity index (χ2v) is 6.28. The van der Waals surface area contributed by atoms with Crippen LogP contribution in [0.4, 0.5) is 0 Å². The van der Waals surface area contributed by atoms with Crippen molar-refractivity contribution in [2.45, 2.75) is 37.5 Å². The Balaban J connectivity index is 1.78. The van der Waals surface area contributed by atoms with Crippen LogP contribution in [0.1, 0.15) is 36.8 Å². The molecule has 1 saturated carbocycles. The summed E-state index contributed by atoms with van der Waals surface area (Å²) in [6, 6.07) is 8.95. The highest BCUT2D eigenvalue weighted by atomic mass is 16.5. The lowest BCUT2D eigenvalue weighted by molar-refractivity contribution is 0.0672. The van der Waals surface area contributed by atoms with Gasteiger partial charge in [-0.1, -0.05) is 24.3 Å². The number of nitrogens with one attached hydrogen (secondary N) is 1. The van der Waals surface area contributed by atoms with Gasteiger partial charge in [0.1, 0.15) is 0 Å². The molecule has 2 aliphatic rings. The monoisotopic (exact) mass is 259 g/mol. The molecule has 3 rings (SSSR count). The van der Waals surface area contributed by atoms with Gasteiger partial charge in [-0.25, -0.2) is 0 Å². The van der Waals surface area contributed by atoms with E-state index in [1.807, 2.05) is 0 Å². The van der Waals surface area contributed by atoms with E-state index in [0.29, 0.717) is 0 Å². The van der Waals surface area contributed by atoms with E-state index in [4.69, 9.17) is 4.74 Å². The summed E-state index contributed by atoms with van der Waals surface area (Å²) in [5, 5.41) is 3.39. The Morgan fingerprint density at radius 3 is 2.95 bits per heavy atom. The molecule has 2 heteroatoms. The molecule has 19 heavy (non-hydrogen) atoms. The maximum atomic E-state index is 6.07. The van der Waals surface area contributed by atoms with Gasteiger partial charge >= 0.3 is 0 Å². The molecule has 0 aliphatic heterocycles. The van der Waals surface area contributed by atoms with Crippen LogP contribution in [0.3, 0.4) is 0 Å². The van der Waals surface area contributed by atoms with E-state index in [-0.39, 0.29) is 5.41 Å². The van der Waals surface area contributed by atoms with Gasteiger partial charge in [-0.15, -0.1) is 0 Å². The molecule has 1 unspecified atom stereocenters. The van der Waals surface area contributed by atoms with Crippen molar-refractivity contribution in [1.82, 2.24) is 5.32 Å². The number of fused-ring (bicyclic) bond motifs is 1. The van der Waals surface area contributed by atoms with Gasteiger partial charge in [-0.05, 0) is 56.2 Å². The van der Waals surface area contributed by atoms with Gasteiger partial charge < -0.3 is 10.1 Å². The Morgan fingerprint density at radius 2 is 2.16 bits per heavy atom. The fourth-order valence-corrected chi connectivity index (χ4v) is 3.44. The molecule has 0 amide bonds. The number of aryl methyl sites for hydroxylation is 1. The van der Waals surface area contributed by atoms with E-state index in [9.17, 15) is 0 Å². The van der Waals surface area contributed by atoms with Crippen LogP contribution in [-0.2, 0) is 16.6 Å². The lowest BCUT2D eigenvalue weighted by atomic mass is 9.70. The predicted octanol–water partition coefficient (Wildman–Crippen LogP) is 2.91. The van der Waals surface area contributed by atoms with Crippen LogP contribution in [0, 0.1) is 5.92 Å². The van der Waals surface area contributed by atoms with Crippen molar-refractivity contribution in [3.63, 3.8) is 0 Å². The summed E-state index contributed by atoms with van der Waals surface area (Å²) >= 11 is 0. The molecule has 0 radical (unpaired) electrons. The molecule has 1 aromatic rings. The van der Waals surface area contributed by atoms with Gasteiger partial charge in [0.2, 0.25) is 0 Å². The van der Waals surface area contributed by atoms with Crippen LogP contribution < -0.4 is 5.32 Å². The number of benzene rings is 1. The summed E-state index contributed by atoms with van der Waals surface area (Å²) in [6.07, 6.45) is 6.50. The Kier molecular flexibility index (Phi) is 3.90. The molecule has 1 aromatic carbocycles. The van der Waals surface area contributed by atoms with Crippen molar-refractivity contribution in [1.29, 1.82) is 0 Å². The number of likely N-dealkylation sites (N-methyl/N-ethyl adjacent to an activating group) is 1. The van der Waals surface area contributed by atoms with Crippen LogP contribution >= 0.6 is 0 Å². The maximum absolute atomic E-state index is 6.07. The third-order valence-corrected chi connectivity index (χ3v) is 4.63. The molecule has 104 valence electrons. The summed E-state index contributed by atoms with van der Waals surface area (Å²) in [4.78, 5) is 0. The minimum absolute atomic E-state index is 0.193. The van der Waals surface area contributed by atoms with Crippen molar-refractivity contribution in [2.75, 3.05) is 26.8 Å². The molecular formula is C17H25NO. The molecule has 0 saturated heterocycles. The largest absolute Gasteiger partial charge is 0.380 e. The summed E-state index contributed by atoms with van der Waals surface area (Å²) in [7, 11) is 2.06. The second kappa shape index (κ2) is 5.64. The van der Waals surface area contributed by atoms with Crippen molar-refractivity contribution in [3.05, 3.63) is 35.4 Å². The van der Waals surface area contributed by atoms with E-state index in [1.165, 1.54) is 43.2 Å². The Hall–Kier alpha value is -0.860. The number of hydrogen-bond donors (Lipinski definition) is 1. The third kappa shape index (κ3) is 2.85. The minimum Gasteiger partial charge on any atom is -0.380 e. The van der Waals surface area contributed by atoms with E-state index in [1.54, 1.807) is 0 Å². The van der Waals surface area contributed by atoms with E-state index >= 15 is 0 Å². The van der Waals surface area contributed by atoms with Crippen molar-refractivity contribution in [3.8, 4) is 0 Å². The smallest absolute Gasteiger partial charge is 0.0575 e.